The van der Waals surface area contributed by atoms with Crippen LogP contribution in [0.5, 0.6) is 0 Å². The standard InChI is InChI=1S/C34H40BrN5O9/c1-20-6-4-11-37-29(43)9-8-21(2)31(22(3)18-48-34(46)38-23-10-12-36-28(35)15-23)49-33(45)27-7-5-13-40(27)32(44)26-19-47-30(39-26)17-25(42)16-24(41)14-20/h4,6,8-10,12,14-15,19,21-22,24,27,31,41H,5,7,11,13,16-18H2,1-3H3,(H,37,43)(H,36,38,46)/b6-4?,9-8+,20-14?/t21-,22+,24-,27-,31+/m1/s1. The molecular formula is C34H40BrN5O9. The van der Waals surface area contributed by atoms with Gasteiger partial charge in [0.25, 0.3) is 5.91 Å². The van der Waals surface area contributed by atoms with Crippen LogP contribution in [0.4, 0.5) is 10.5 Å². The van der Waals surface area contributed by atoms with E-state index in [1.54, 1.807) is 51.1 Å². The van der Waals surface area contributed by atoms with E-state index in [4.69, 9.17) is 13.9 Å². The molecule has 0 spiro atoms. The molecule has 4 rings (SSSR count). The summed E-state index contributed by atoms with van der Waals surface area (Å²) in [5, 5.41) is 15.7. The number of nitrogens with zero attached hydrogens (tertiary/aromatic N) is 3. The number of allylic oxidation sites excluding steroid dienone is 2. The second-order valence-corrected chi connectivity index (χ2v) is 12.8. The zero-order chi connectivity index (χ0) is 35.5. The molecule has 0 aliphatic carbocycles. The Hall–Kier alpha value is -4.63. The monoisotopic (exact) mass is 741 g/mol. The van der Waals surface area contributed by atoms with Gasteiger partial charge in [0, 0.05) is 43.2 Å². The van der Waals surface area contributed by atoms with Crippen molar-refractivity contribution in [2.45, 2.75) is 64.7 Å². The number of ether oxygens (including phenoxy) is 2. The third kappa shape index (κ3) is 11.2. The van der Waals surface area contributed by atoms with Crippen LogP contribution >= 0.6 is 15.9 Å². The van der Waals surface area contributed by atoms with E-state index in [2.05, 4.69) is 36.5 Å². The SMILES string of the molecule is CC1=C[C@@H](O)CC(=O)Cc2nc(co2)C(=O)N2CCC[C@@H]2C(=O)O[C@H]([C@@H](C)COC(=O)Nc2ccnc(Br)c2)[C@H](C)/C=C/C(=O)NCC=C1. The van der Waals surface area contributed by atoms with E-state index in [0.29, 0.717) is 28.7 Å². The Kier molecular flexibility index (Phi) is 13.4. The number of aromatic nitrogens is 2. The summed E-state index contributed by atoms with van der Waals surface area (Å²) in [5.41, 5.74) is 1.09. The first-order valence-electron chi connectivity index (χ1n) is 15.9. The van der Waals surface area contributed by atoms with E-state index >= 15 is 0 Å². The number of Topliss-reactive ketones (excluding diaryl/α,β-unsaturated/α-hetero) is 1. The number of pyridine rings is 1. The smallest absolute Gasteiger partial charge is 0.411 e. The molecule has 5 atom stereocenters. The quantitative estimate of drug-likeness (QED) is 0.304. The van der Waals surface area contributed by atoms with E-state index in [9.17, 15) is 29.1 Å². The first kappa shape index (κ1) is 37.2. The highest BCUT2D eigenvalue weighted by molar-refractivity contribution is 9.10. The van der Waals surface area contributed by atoms with Gasteiger partial charge in [0.1, 0.15) is 28.8 Å². The van der Waals surface area contributed by atoms with Crippen molar-refractivity contribution >= 4 is 51.3 Å². The zero-order valence-electron chi connectivity index (χ0n) is 27.5. The van der Waals surface area contributed by atoms with Crippen LogP contribution in [0.2, 0.25) is 0 Å². The number of anilines is 1. The van der Waals surface area contributed by atoms with Crippen LogP contribution in [-0.2, 0) is 30.3 Å². The number of hydrogen-bond donors (Lipinski definition) is 3. The Morgan fingerprint density at radius 2 is 2.06 bits per heavy atom. The van der Waals surface area contributed by atoms with Crippen LogP contribution in [0.15, 0.2) is 69.6 Å². The van der Waals surface area contributed by atoms with Gasteiger partial charge in [-0.25, -0.2) is 19.6 Å². The molecule has 14 nitrogen and oxygen atoms in total. The van der Waals surface area contributed by atoms with Crippen molar-refractivity contribution in [1.29, 1.82) is 0 Å². The highest BCUT2D eigenvalue weighted by Gasteiger charge is 2.39. The Bertz CT molecular complexity index is 1620. The van der Waals surface area contributed by atoms with Crippen molar-refractivity contribution in [2.24, 2.45) is 11.8 Å². The van der Waals surface area contributed by atoms with Crippen LogP contribution in [0.1, 0.15) is 56.4 Å². The topological polar surface area (TPSA) is 190 Å². The number of aliphatic hydroxyl groups is 1. The Morgan fingerprint density at radius 3 is 2.84 bits per heavy atom. The van der Waals surface area contributed by atoms with Crippen LogP contribution in [0.3, 0.4) is 0 Å². The summed E-state index contributed by atoms with van der Waals surface area (Å²) in [4.78, 5) is 74.3. The molecule has 0 saturated carbocycles. The van der Waals surface area contributed by atoms with E-state index in [1.165, 1.54) is 23.2 Å². The maximum atomic E-state index is 13.6. The number of aliphatic hydroxyl groups excluding tert-OH is 1. The largest absolute Gasteiger partial charge is 0.460 e. The summed E-state index contributed by atoms with van der Waals surface area (Å²) < 4.78 is 17.4. The molecule has 2 aliphatic heterocycles. The van der Waals surface area contributed by atoms with E-state index in [-0.39, 0.29) is 49.9 Å². The van der Waals surface area contributed by atoms with Crippen LogP contribution in [0, 0.1) is 11.8 Å². The number of hydrogen-bond acceptors (Lipinski definition) is 11. The molecule has 3 amide bonds. The van der Waals surface area contributed by atoms with Crippen molar-refractivity contribution in [3.8, 4) is 0 Å². The predicted octanol–water partition coefficient (Wildman–Crippen LogP) is 3.92. The summed E-state index contributed by atoms with van der Waals surface area (Å²) >= 11 is 3.25. The van der Waals surface area contributed by atoms with Gasteiger partial charge < -0.3 is 29.2 Å². The maximum absolute atomic E-state index is 13.6. The van der Waals surface area contributed by atoms with Crippen molar-refractivity contribution < 1.29 is 43.0 Å². The predicted molar refractivity (Wildman–Crippen MR) is 180 cm³/mol. The summed E-state index contributed by atoms with van der Waals surface area (Å²) in [6.45, 7) is 5.61. The number of carbonyl (C=O) groups excluding carboxylic acids is 5. The number of cyclic esters (lactones) is 1. The summed E-state index contributed by atoms with van der Waals surface area (Å²) in [6, 6.07) is 2.28. The Balaban J connectivity index is 1.54. The molecule has 2 aliphatic rings. The fraction of sp³-hybridized carbons (Fsp3) is 0.441. The number of halogens is 1. The van der Waals surface area contributed by atoms with E-state index < -0.39 is 54.0 Å². The second-order valence-electron chi connectivity index (χ2n) is 12.0. The molecule has 4 heterocycles. The molecule has 15 heteroatoms. The van der Waals surface area contributed by atoms with Crippen molar-refractivity contribution in [3.05, 3.63) is 76.7 Å². The van der Waals surface area contributed by atoms with Gasteiger partial charge >= 0.3 is 12.1 Å². The molecule has 49 heavy (non-hydrogen) atoms. The van der Waals surface area contributed by atoms with E-state index in [1.807, 2.05) is 0 Å². The highest BCUT2D eigenvalue weighted by Crippen LogP contribution is 2.26. The van der Waals surface area contributed by atoms with E-state index in [0.717, 1.165) is 6.26 Å². The molecule has 262 valence electrons. The molecule has 0 radical (unpaired) electrons. The summed E-state index contributed by atoms with van der Waals surface area (Å²) in [7, 11) is 0. The third-order valence-electron chi connectivity index (χ3n) is 7.90. The number of amides is 3. The summed E-state index contributed by atoms with van der Waals surface area (Å²) in [6.07, 6.45) is 8.38. The molecule has 3 N–H and O–H groups in total. The van der Waals surface area contributed by atoms with Crippen molar-refractivity contribution in [3.63, 3.8) is 0 Å². The summed E-state index contributed by atoms with van der Waals surface area (Å²) in [5.74, 6) is -2.95. The minimum atomic E-state index is -1.05. The number of carbonyl (C=O) groups is 5. The van der Waals surface area contributed by atoms with Gasteiger partial charge in [-0.15, -0.1) is 0 Å². The fourth-order valence-electron chi connectivity index (χ4n) is 5.49. The van der Waals surface area contributed by atoms with Gasteiger partial charge in [0.2, 0.25) is 11.8 Å². The number of esters is 1. The maximum Gasteiger partial charge on any atom is 0.411 e. The number of nitrogens with one attached hydrogen (secondary N) is 2. The lowest BCUT2D eigenvalue weighted by Crippen LogP contribution is -2.44. The fourth-order valence-corrected chi connectivity index (χ4v) is 5.85. The Labute approximate surface area is 292 Å². The lowest BCUT2D eigenvalue weighted by molar-refractivity contribution is -0.159. The highest BCUT2D eigenvalue weighted by atomic mass is 79.9. The number of oxazole rings is 1. The van der Waals surface area contributed by atoms with Crippen LogP contribution < -0.4 is 10.6 Å². The molecule has 0 aromatic carbocycles. The van der Waals surface area contributed by atoms with Crippen molar-refractivity contribution in [1.82, 2.24) is 20.2 Å². The third-order valence-corrected chi connectivity index (χ3v) is 8.34. The minimum Gasteiger partial charge on any atom is -0.460 e. The van der Waals surface area contributed by atoms with Crippen LogP contribution in [0.25, 0.3) is 0 Å². The van der Waals surface area contributed by atoms with Gasteiger partial charge in [-0.2, -0.15) is 0 Å². The first-order chi connectivity index (χ1) is 23.4. The lowest BCUT2D eigenvalue weighted by Gasteiger charge is -2.30. The molecule has 1 saturated heterocycles. The average molecular weight is 743 g/mol. The number of ketones is 1. The molecule has 2 aromatic rings. The van der Waals surface area contributed by atoms with Crippen molar-refractivity contribution in [2.75, 3.05) is 25.0 Å². The normalized spacial score (nSPS) is 24.3. The van der Waals surface area contributed by atoms with Gasteiger partial charge in [-0.1, -0.05) is 43.7 Å². The first-order valence-corrected chi connectivity index (χ1v) is 16.7. The molecule has 2 bridgehead atoms. The molecule has 2 aromatic heterocycles. The number of rotatable bonds is 4. The zero-order valence-corrected chi connectivity index (χ0v) is 29.1. The lowest BCUT2D eigenvalue weighted by atomic mass is 9.93. The van der Waals surface area contributed by atoms with Gasteiger partial charge in [0.15, 0.2) is 5.69 Å². The van der Waals surface area contributed by atoms with Gasteiger partial charge in [0.05, 0.1) is 19.1 Å². The number of fused-ring (bicyclic) bond motifs is 3. The van der Waals surface area contributed by atoms with Gasteiger partial charge in [-0.05, 0) is 53.9 Å². The van der Waals surface area contributed by atoms with Gasteiger partial charge in [-0.3, -0.25) is 19.7 Å². The minimum absolute atomic E-state index is 0.0173. The molecule has 0 unspecified atom stereocenters. The Morgan fingerprint density at radius 1 is 1.27 bits per heavy atom. The molecular weight excluding hydrogens is 702 g/mol. The van der Waals surface area contributed by atoms with Crippen LogP contribution in [-0.4, -0.2) is 87.6 Å². The average Bonchev–Trinajstić information content (AvgIpc) is 3.73. The second kappa shape index (κ2) is 17.7. The molecule has 1 fully saturated rings.